The van der Waals surface area contributed by atoms with Crippen LogP contribution >= 0.6 is 11.8 Å². The Balaban J connectivity index is 1.57. The zero-order valence-corrected chi connectivity index (χ0v) is 16.6. The number of nitrogens with one attached hydrogen (secondary N) is 2. The number of imide groups is 1. The van der Waals surface area contributed by atoms with Crippen molar-refractivity contribution >= 4 is 35.2 Å². The molecule has 2 aromatic rings. The average molecular weight is 398 g/mol. The lowest BCUT2D eigenvalue weighted by Crippen LogP contribution is -2.51. The molecule has 1 aromatic heterocycles. The predicted molar refractivity (Wildman–Crippen MR) is 110 cm³/mol. The first-order valence-corrected chi connectivity index (χ1v) is 10.4. The first-order chi connectivity index (χ1) is 13.5. The van der Waals surface area contributed by atoms with E-state index in [1.54, 1.807) is 24.5 Å². The Morgan fingerprint density at radius 3 is 2.68 bits per heavy atom. The van der Waals surface area contributed by atoms with Crippen LogP contribution in [0.3, 0.4) is 0 Å². The van der Waals surface area contributed by atoms with Gasteiger partial charge < -0.3 is 5.32 Å². The van der Waals surface area contributed by atoms with Gasteiger partial charge in [0, 0.05) is 30.3 Å². The van der Waals surface area contributed by atoms with Crippen molar-refractivity contribution in [1.29, 1.82) is 0 Å². The van der Waals surface area contributed by atoms with E-state index >= 15 is 0 Å². The molecule has 0 radical (unpaired) electrons. The van der Waals surface area contributed by atoms with E-state index in [-0.39, 0.29) is 17.7 Å². The molecule has 28 heavy (non-hydrogen) atoms. The fourth-order valence-corrected chi connectivity index (χ4v) is 4.15. The lowest BCUT2D eigenvalue weighted by atomic mass is 9.72. The molecule has 3 amide bonds. The Kier molecular flexibility index (Phi) is 6.46. The van der Waals surface area contributed by atoms with Crippen molar-refractivity contribution in [3.63, 3.8) is 0 Å². The highest BCUT2D eigenvalue weighted by Gasteiger charge is 2.42. The topological polar surface area (TPSA) is 88.2 Å². The van der Waals surface area contributed by atoms with Gasteiger partial charge in [0.25, 0.3) is 0 Å². The summed E-state index contributed by atoms with van der Waals surface area (Å²) in [4.78, 5) is 40.1. The standard InChI is InChI=1S/C21H23N3O3S/c1-2-21(10-9-18(25)24-20(21)27)16-5-7-17(8-6-16)23-19(26)14-28-13-15-4-3-11-22-12-15/h3-8,11-12H,2,9-10,13-14H2,1H3,(H,23,26)(H,24,25,27). The zero-order valence-electron chi connectivity index (χ0n) is 15.7. The Hall–Kier alpha value is -2.67. The monoisotopic (exact) mass is 397 g/mol. The molecule has 1 aromatic carbocycles. The second kappa shape index (κ2) is 9.01. The number of hydrogen-bond acceptors (Lipinski definition) is 5. The molecule has 0 spiro atoms. The van der Waals surface area contributed by atoms with E-state index in [2.05, 4.69) is 15.6 Å². The first-order valence-electron chi connectivity index (χ1n) is 9.25. The molecular weight excluding hydrogens is 374 g/mol. The molecule has 1 unspecified atom stereocenters. The summed E-state index contributed by atoms with van der Waals surface area (Å²) in [6, 6.07) is 11.2. The van der Waals surface area contributed by atoms with E-state index in [1.807, 2.05) is 31.2 Å². The van der Waals surface area contributed by atoms with Gasteiger partial charge in [-0.1, -0.05) is 25.1 Å². The molecule has 6 nitrogen and oxygen atoms in total. The van der Waals surface area contributed by atoms with E-state index in [4.69, 9.17) is 0 Å². The fourth-order valence-electron chi connectivity index (χ4n) is 3.38. The highest BCUT2D eigenvalue weighted by atomic mass is 32.2. The van der Waals surface area contributed by atoms with Crippen LogP contribution in [0.1, 0.15) is 37.3 Å². The summed E-state index contributed by atoms with van der Waals surface area (Å²) >= 11 is 1.53. The highest BCUT2D eigenvalue weighted by Crippen LogP contribution is 2.36. The number of hydrogen-bond donors (Lipinski definition) is 2. The minimum atomic E-state index is -0.685. The van der Waals surface area contributed by atoms with Gasteiger partial charge in [-0.15, -0.1) is 11.8 Å². The fraction of sp³-hybridized carbons (Fsp3) is 0.333. The minimum Gasteiger partial charge on any atom is -0.325 e. The second-order valence-electron chi connectivity index (χ2n) is 6.79. The molecule has 1 fully saturated rings. The molecule has 0 saturated carbocycles. The van der Waals surface area contributed by atoms with Gasteiger partial charge in [-0.2, -0.15) is 0 Å². The smallest absolute Gasteiger partial charge is 0.237 e. The van der Waals surface area contributed by atoms with Gasteiger partial charge in [0.05, 0.1) is 11.2 Å². The van der Waals surface area contributed by atoms with Crippen molar-refractivity contribution in [1.82, 2.24) is 10.3 Å². The van der Waals surface area contributed by atoms with Crippen molar-refractivity contribution in [3.05, 3.63) is 59.9 Å². The molecule has 3 rings (SSSR count). The van der Waals surface area contributed by atoms with Crippen LogP contribution in [-0.4, -0.2) is 28.5 Å². The summed E-state index contributed by atoms with van der Waals surface area (Å²) in [5.74, 6) is 0.539. The van der Waals surface area contributed by atoms with Crippen LogP contribution in [0.25, 0.3) is 0 Å². The summed E-state index contributed by atoms with van der Waals surface area (Å²) in [5, 5.41) is 5.33. The number of amides is 3. The molecule has 2 heterocycles. The normalized spacial score (nSPS) is 19.2. The van der Waals surface area contributed by atoms with Gasteiger partial charge in [0.15, 0.2) is 0 Å². The number of aromatic nitrogens is 1. The van der Waals surface area contributed by atoms with E-state index in [1.165, 1.54) is 11.8 Å². The van der Waals surface area contributed by atoms with Crippen LogP contribution in [0.15, 0.2) is 48.8 Å². The number of benzene rings is 1. The van der Waals surface area contributed by atoms with Crippen LogP contribution < -0.4 is 10.6 Å². The minimum absolute atomic E-state index is 0.0761. The van der Waals surface area contributed by atoms with E-state index < -0.39 is 5.41 Å². The molecule has 1 atom stereocenters. The number of piperidine rings is 1. The third kappa shape index (κ3) is 4.59. The number of rotatable bonds is 7. The van der Waals surface area contributed by atoms with Crippen molar-refractivity contribution in [2.45, 2.75) is 37.4 Å². The third-order valence-electron chi connectivity index (χ3n) is 5.02. The van der Waals surface area contributed by atoms with E-state index in [0.717, 1.165) is 16.9 Å². The Bertz CT molecular complexity index is 855. The van der Waals surface area contributed by atoms with Crippen LogP contribution in [0.2, 0.25) is 0 Å². The molecule has 146 valence electrons. The van der Waals surface area contributed by atoms with Gasteiger partial charge in [-0.05, 0) is 42.2 Å². The van der Waals surface area contributed by atoms with Crippen molar-refractivity contribution in [3.8, 4) is 0 Å². The maximum Gasteiger partial charge on any atom is 0.237 e. The maximum atomic E-state index is 12.4. The summed E-state index contributed by atoms with van der Waals surface area (Å²) in [5.41, 5.74) is 1.95. The number of carbonyl (C=O) groups is 3. The second-order valence-corrected chi connectivity index (χ2v) is 7.78. The van der Waals surface area contributed by atoms with Crippen molar-refractivity contribution in [2.75, 3.05) is 11.1 Å². The van der Waals surface area contributed by atoms with Crippen LogP contribution in [0, 0.1) is 0 Å². The van der Waals surface area contributed by atoms with Crippen LogP contribution in [0.4, 0.5) is 5.69 Å². The lowest BCUT2D eigenvalue weighted by Gasteiger charge is -2.35. The van der Waals surface area contributed by atoms with Gasteiger partial charge in [0.1, 0.15) is 0 Å². The molecule has 2 N–H and O–H groups in total. The maximum absolute atomic E-state index is 12.4. The highest BCUT2D eigenvalue weighted by molar-refractivity contribution is 7.99. The molecular formula is C21H23N3O3S. The number of carbonyl (C=O) groups excluding carboxylic acids is 3. The van der Waals surface area contributed by atoms with Crippen LogP contribution in [0.5, 0.6) is 0 Å². The first kappa shape index (κ1) is 20.1. The van der Waals surface area contributed by atoms with E-state index in [0.29, 0.717) is 30.7 Å². The quantitative estimate of drug-likeness (QED) is 0.701. The van der Waals surface area contributed by atoms with E-state index in [9.17, 15) is 14.4 Å². The number of nitrogens with zero attached hydrogens (tertiary/aromatic N) is 1. The Morgan fingerprint density at radius 2 is 2.04 bits per heavy atom. The molecule has 1 aliphatic rings. The summed E-state index contributed by atoms with van der Waals surface area (Å²) in [6.45, 7) is 1.95. The third-order valence-corrected chi connectivity index (χ3v) is 6.02. The summed E-state index contributed by atoms with van der Waals surface area (Å²) in [6.07, 6.45) is 4.98. The number of anilines is 1. The largest absolute Gasteiger partial charge is 0.325 e. The van der Waals surface area contributed by atoms with Gasteiger partial charge in [-0.3, -0.25) is 24.7 Å². The van der Waals surface area contributed by atoms with Gasteiger partial charge >= 0.3 is 0 Å². The summed E-state index contributed by atoms with van der Waals surface area (Å²) < 4.78 is 0. The zero-order chi connectivity index (χ0) is 20.0. The average Bonchev–Trinajstić information content (AvgIpc) is 2.70. The number of pyridine rings is 1. The summed E-state index contributed by atoms with van der Waals surface area (Å²) in [7, 11) is 0. The predicted octanol–water partition coefficient (Wildman–Crippen LogP) is 3.04. The molecule has 1 aliphatic heterocycles. The lowest BCUT2D eigenvalue weighted by molar-refractivity contribution is -0.138. The van der Waals surface area contributed by atoms with Gasteiger partial charge in [0.2, 0.25) is 17.7 Å². The Morgan fingerprint density at radius 1 is 1.25 bits per heavy atom. The SMILES string of the molecule is CCC1(c2ccc(NC(=O)CSCc3cccnc3)cc2)CCC(=O)NC1=O. The van der Waals surface area contributed by atoms with Crippen molar-refractivity contribution < 1.29 is 14.4 Å². The van der Waals surface area contributed by atoms with Crippen LogP contribution in [-0.2, 0) is 25.6 Å². The Labute approximate surface area is 168 Å². The number of thioether (sulfide) groups is 1. The molecule has 1 saturated heterocycles. The van der Waals surface area contributed by atoms with Crippen molar-refractivity contribution in [2.24, 2.45) is 0 Å². The van der Waals surface area contributed by atoms with Gasteiger partial charge in [-0.25, -0.2) is 0 Å². The molecule has 0 aliphatic carbocycles. The molecule has 7 heteroatoms. The molecule has 0 bridgehead atoms.